The average molecular weight is 318 g/mol. The molecule has 0 saturated heterocycles. The highest BCUT2D eigenvalue weighted by Gasteiger charge is 2.30. The summed E-state index contributed by atoms with van der Waals surface area (Å²) < 4.78 is 0. The van der Waals surface area contributed by atoms with E-state index in [0.29, 0.717) is 18.0 Å². The van der Waals surface area contributed by atoms with Gasteiger partial charge in [-0.2, -0.15) is 0 Å². The number of benzene rings is 1. The molecule has 0 saturated carbocycles. The molecule has 4 nitrogen and oxygen atoms in total. The Morgan fingerprint density at radius 2 is 2.09 bits per heavy atom. The third-order valence-corrected chi connectivity index (χ3v) is 3.71. The quantitative estimate of drug-likeness (QED) is 0.849. The molecule has 2 rings (SSSR count). The molecule has 0 fully saturated rings. The summed E-state index contributed by atoms with van der Waals surface area (Å²) in [6.45, 7) is 4.35. The van der Waals surface area contributed by atoms with Crippen molar-refractivity contribution in [1.29, 1.82) is 0 Å². The molecular weight excluding hydrogens is 298 g/mol. The largest absolute Gasteiger partial charge is 0.339 e. The predicted molar refractivity (Wildman–Crippen MR) is 87.4 cm³/mol. The topological polar surface area (TPSA) is 46.1 Å². The number of rotatable bonds is 5. The Labute approximate surface area is 136 Å². The predicted octanol–water partition coefficient (Wildman–Crippen LogP) is 3.36. The zero-order valence-electron chi connectivity index (χ0n) is 13.1. The fourth-order valence-corrected chi connectivity index (χ4v) is 2.69. The van der Waals surface area contributed by atoms with Crippen LogP contribution in [0.4, 0.5) is 0 Å². The number of hydrogen-bond donors (Lipinski definition) is 0. The molecule has 0 spiro atoms. The van der Waals surface area contributed by atoms with Gasteiger partial charge in [-0.25, -0.2) is 0 Å². The highest BCUT2D eigenvalue weighted by atomic mass is 35.5. The minimum Gasteiger partial charge on any atom is -0.339 e. The van der Waals surface area contributed by atoms with Crippen LogP contribution in [0.25, 0.3) is 0 Å². The first-order valence-electron chi connectivity index (χ1n) is 7.13. The second-order valence-electron chi connectivity index (χ2n) is 6.05. The molecule has 116 valence electrons. The van der Waals surface area contributed by atoms with Gasteiger partial charge in [-0.1, -0.05) is 37.6 Å². The van der Waals surface area contributed by atoms with Gasteiger partial charge in [0.05, 0.1) is 18.4 Å². The Hall–Kier alpha value is -1.94. The van der Waals surface area contributed by atoms with Crippen LogP contribution < -0.4 is 0 Å². The number of hydrogen-bond acceptors (Lipinski definition) is 3. The molecule has 0 aliphatic carbocycles. The maximum Gasteiger partial charge on any atom is 0.228 e. The van der Waals surface area contributed by atoms with Crippen molar-refractivity contribution in [3.8, 4) is 0 Å². The van der Waals surface area contributed by atoms with Gasteiger partial charge >= 0.3 is 0 Å². The molecule has 0 aliphatic rings. The molecule has 0 unspecified atom stereocenters. The van der Waals surface area contributed by atoms with Crippen molar-refractivity contribution in [2.24, 2.45) is 5.41 Å². The Kier molecular flexibility index (Phi) is 5.14. The molecule has 2 aromatic rings. The smallest absolute Gasteiger partial charge is 0.228 e. The third kappa shape index (κ3) is 4.28. The zero-order valence-corrected chi connectivity index (χ0v) is 13.8. The molecule has 5 heteroatoms. The van der Waals surface area contributed by atoms with Crippen LogP contribution in [-0.2, 0) is 17.8 Å². The van der Waals surface area contributed by atoms with Gasteiger partial charge in [-0.05, 0) is 24.1 Å². The fraction of sp³-hybridized carbons (Fsp3) is 0.353. The molecule has 0 radical (unpaired) electrons. The summed E-state index contributed by atoms with van der Waals surface area (Å²) in [7, 11) is 1.79. The molecule has 1 aromatic heterocycles. The minimum absolute atomic E-state index is 0.0677. The van der Waals surface area contributed by atoms with E-state index in [4.69, 9.17) is 11.6 Å². The number of carbonyl (C=O) groups is 1. The van der Waals surface area contributed by atoms with E-state index in [1.807, 2.05) is 38.1 Å². The van der Waals surface area contributed by atoms with Crippen molar-refractivity contribution in [2.75, 3.05) is 7.05 Å². The Bertz CT molecular complexity index is 643. The van der Waals surface area contributed by atoms with E-state index in [-0.39, 0.29) is 5.91 Å². The summed E-state index contributed by atoms with van der Waals surface area (Å²) in [4.78, 5) is 22.6. The zero-order chi connectivity index (χ0) is 16.2. The number of halogens is 1. The van der Waals surface area contributed by atoms with Crippen molar-refractivity contribution in [1.82, 2.24) is 14.9 Å². The standard InChI is InChI=1S/C17H20ClN3O/c1-17(2,10-13-5-4-6-14(18)9-13)16(22)21(3)12-15-11-19-7-8-20-15/h4-9,11H,10,12H2,1-3H3. The number of amides is 1. The van der Waals surface area contributed by atoms with Gasteiger partial charge in [0.1, 0.15) is 0 Å². The summed E-state index contributed by atoms with van der Waals surface area (Å²) in [5.41, 5.74) is 1.32. The Balaban J connectivity index is 2.06. The summed E-state index contributed by atoms with van der Waals surface area (Å²) in [6.07, 6.45) is 5.56. The van der Waals surface area contributed by atoms with Gasteiger partial charge in [0.15, 0.2) is 0 Å². The van der Waals surface area contributed by atoms with Crippen LogP contribution in [0, 0.1) is 5.41 Å². The Morgan fingerprint density at radius 1 is 1.32 bits per heavy atom. The average Bonchev–Trinajstić information content (AvgIpc) is 2.47. The molecule has 0 N–H and O–H groups in total. The van der Waals surface area contributed by atoms with Crippen molar-refractivity contribution in [3.63, 3.8) is 0 Å². The molecule has 0 aliphatic heterocycles. The summed E-state index contributed by atoms with van der Waals surface area (Å²) in [6, 6.07) is 7.63. The van der Waals surface area contributed by atoms with Gasteiger partial charge in [-0.3, -0.25) is 14.8 Å². The van der Waals surface area contributed by atoms with E-state index in [2.05, 4.69) is 9.97 Å². The molecule has 0 atom stereocenters. The van der Waals surface area contributed by atoms with E-state index in [0.717, 1.165) is 11.3 Å². The Morgan fingerprint density at radius 3 is 2.73 bits per heavy atom. The van der Waals surface area contributed by atoms with E-state index >= 15 is 0 Å². The van der Waals surface area contributed by atoms with Crippen LogP contribution in [0.15, 0.2) is 42.9 Å². The number of aromatic nitrogens is 2. The van der Waals surface area contributed by atoms with Gasteiger partial charge in [0.2, 0.25) is 5.91 Å². The van der Waals surface area contributed by atoms with Crippen LogP contribution in [0.3, 0.4) is 0 Å². The highest BCUT2D eigenvalue weighted by molar-refractivity contribution is 6.30. The lowest BCUT2D eigenvalue weighted by Crippen LogP contribution is -2.39. The minimum atomic E-state index is -0.512. The lowest BCUT2D eigenvalue weighted by molar-refractivity contribution is -0.139. The first kappa shape index (κ1) is 16.4. The number of nitrogens with zero attached hydrogens (tertiary/aromatic N) is 3. The SMILES string of the molecule is CN(Cc1cnccn1)C(=O)C(C)(C)Cc1cccc(Cl)c1. The molecule has 1 aromatic carbocycles. The van der Waals surface area contributed by atoms with Gasteiger partial charge < -0.3 is 4.90 Å². The van der Waals surface area contributed by atoms with Crippen LogP contribution >= 0.6 is 11.6 Å². The second kappa shape index (κ2) is 6.88. The molecule has 0 bridgehead atoms. The van der Waals surface area contributed by atoms with Crippen molar-refractivity contribution in [3.05, 3.63) is 59.1 Å². The van der Waals surface area contributed by atoms with Crippen LogP contribution in [0.1, 0.15) is 25.1 Å². The van der Waals surface area contributed by atoms with Crippen LogP contribution in [0.5, 0.6) is 0 Å². The van der Waals surface area contributed by atoms with E-state index in [1.54, 1.807) is 30.5 Å². The first-order chi connectivity index (χ1) is 10.4. The maximum atomic E-state index is 12.7. The monoisotopic (exact) mass is 317 g/mol. The second-order valence-corrected chi connectivity index (χ2v) is 6.48. The van der Waals surface area contributed by atoms with Crippen molar-refractivity contribution in [2.45, 2.75) is 26.8 Å². The summed E-state index contributed by atoms with van der Waals surface area (Å²) >= 11 is 6.01. The van der Waals surface area contributed by atoms with Gasteiger partial charge in [0, 0.05) is 29.9 Å². The molecule has 1 heterocycles. The third-order valence-electron chi connectivity index (χ3n) is 3.48. The summed E-state index contributed by atoms with van der Waals surface area (Å²) in [5, 5.41) is 0.689. The first-order valence-corrected chi connectivity index (χ1v) is 7.51. The molecular formula is C17H20ClN3O. The molecule has 1 amide bonds. The van der Waals surface area contributed by atoms with Crippen molar-refractivity contribution >= 4 is 17.5 Å². The van der Waals surface area contributed by atoms with E-state index in [1.165, 1.54) is 0 Å². The van der Waals surface area contributed by atoms with Crippen molar-refractivity contribution < 1.29 is 4.79 Å². The lowest BCUT2D eigenvalue weighted by atomic mass is 9.84. The van der Waals surface area contributed by atoms with E-state index < -0.39 is 5.41 Å². The maximum absolute atomic E-state index is 12.7. The molecule has 22 heavy (non-hydrogen) atoms. The van der Waals surface area contributed by atoms with Crippen LogP contribution in [-0.4, -0.2) is 27.8 Å². The number of carbonyl (C=O) groups excluding carboxylic acids is 1. The fourth-order valence-electron chi connectivity index (χ4n) is 2.48. The van der Waals surface area contributed by atoms with E-state index in [9.17, 15) is 4.79 Å². The van der Waals surface area contributed by atoms with Gasteiger partial charge in [0.25, 0.3) is 0 Å². The lowest BCUT2D eigenvalue weighted by Gasteiger charge is -2.29. The van der Waals surface area contributed by atoms with Gasteiger partial charge in [-0.15, -0.1) is 0 Å². The highest BCUT2D eigenvalue weighted by Crippen LogP contribution is 2.26. The van der Waals surface area contributed by atoms with Crippen LogP contribution in [0.2, 0.25) is 5.02 Å². The normalized spacial score (nSPS) is 11.3. The summed E-state index contributed by atoms with van der Waals surface area (Å²) in [5.74, 6) is 0.0677.